The molecule has 1 rings (SSSR count). The maximum Gasteiger partial charge on any atom is 0.136 e. The quantitative estimate of drug-likeness (QED) is 0.701. The van der Waals surface area contributed by atoms with Gasteiger partial charge in [-0.25, -0.2) is 4.98 Å². The summed E-state index contributed by atoms with van der Waals surface area (Å²) in [6.07, 6.45) is 1.53. The minimum atomic E-state index is 0. The predicted molar refractivity (Wildman–Crippen MR) is 61.8 cm³/mol. The monoisotopic (exact) mass is 382 g/mol. The van der Waals surface area contributed by atoms with Crippen LogP contribution in [0.25, 0.3) is 0 Å². The molecule has 56 valence electrons. The molecule has 2 nitrogen and oxygen atoms in total. The van der Waals surface area contributed by atoms with Gasteiger partial charge in [0.2, 0.25) is 0 Å². The second kappa shape index (κ2) is 4.55. The van der Waals surface area contributed by atoms with Crippen molar-refractivity contribution in [2.45, 2.75) is 0 Å². The third kappa shape index (κ3) is 2.75. The third-order valence-electron chi connectivity index (χ3n) is 0.836. The molecule has 0 saturated heterocycles. The number of nitrogens with zero attached hydrogens (tertiary/aromatic N) is 1. The Bertz CT molecular complexity index is 229. The topological polar surface area (TPSA) is 38.9 Å². The zero-order chi connectivity index (χ0) is 6.85. The minimum Gasteiger partial charge on any atom is -0.383 e. The summed E-state index contributed by atoms with van der Waals surface area (Å²) in [5, 5.41) is 0.619. The molecule has 1 aromatic heterocycles. The Morgan fingerprint density at radius 2 is 2.20 bits per heavy atom. The van der Waals surface area contributed by atoms with Gasteiger partial charge in [-0.2, -0.15) is 0 Å². The maximum atomic E-state index is 5.59. The van der Waals surface area contributed by atoms with Crippen LogP contribution in [0.2, 0.25) is 5.02 Å². The highest BCUT2D eigenvalue weighted by atomic mass is 127. The number of aromatic nitrogens is 1. The van der Waals surface area contributed by atoms with Gasteiger partial charge >= 0.3 is 0 Å². The van der Waals surface area contributed by atoms with Gasteiger partial charge in [0, 0.05) is 6.20 Å². The van der Waals surface area contributed by atoms with Crippen LogP contribution < -0.4 is 5.73 Å². The Balaban J connectivity index is 0.000000810. The molecule has 5 heteroatoms. The smallest absolute Gasteiger partial charge is 0.136 e. The molecule has 0 spiro atoms. The number of hydrogen-bond acceptors (Lipinski definition) is 2. The Morgan fingerprint density at radius 3 is 2.60 bits per heavy atom. The first-order valence-electron chi connectivity index (χ1n) is 2.26. The summed E-state index contributed by atoms with van der Waals surface area (Å²) < 4.78 is 0.889. The van der Waals surface area contributed by atoms with E-state index in [1.807, 2.05) is 0 Å². The van der Waals surface area contributed by atoms with E-state index in [9.17, 15) is 0 Å². The summed E-state index contributed by atoms with van der Waals surface area (Å²) in [7, 11) is 0. The van der Waals surface area contributed by atoms with E-state index in [-0.39, 0.29) is 24.0 Å². The van der Waals surface area contributed by atoms with Crippen LogP contribution in [-0.2, 0) is 0 Å². The molecule has 1 aromatic rings. The van der Waals surface area contributed by atoms with Crippen LogP contribution in [0, 0.1) is 3.57 Å². The van der Waals surface area contributed by atoms with Gasteiger partial charge in [0.15, 0.2) is 0 Å². The Hall–Kier alpha value is 0.700. The summed E-state index contributed by atoms with van der Waals surface area (Å²) in [4.78, 5) is 3.82. The number of nitrogen functional groups attached to an aromatic ring is 1. The molecule has 0 fully saturated rings. The first kappa shape index (κ1) is 10.7. The zero-order valence-corrected chi connectivity index (χ0v) is 10.1. The van der Waals surface area contributed by atoms with Crippen molar-refractivity contribution in [2.24, 2.45) is 0 Å². The van der Waals surface area contributed by atoms with E-state index in [4.69, 9.17) is 17.3 Å². The van der Waals surface area contributed by atoms with Gasteiger partial charge in [0.25, 0.3) is 0 Å². The lowest BCUT2D eigenvalue weighted by atomic mass is 10.5. The fourth-order valence-electron chi connectivity index (χ4n) is 0.425. The number of hydrogen-bond donors (Lipinski definition) is 1. The van der Waals surface area contributed by atoms with Crippen molar-refractivity contribution in [3.63, 3.8) is 0 Å². The van der Waals surface area contributed by atoms with Crippen LogP contribution in [0.3, 0.4) is 0 Å². The van der Waals surface area contributed by atoms with E-state index in [1.165, 1.54) is 6.20 Å². The molecule has 0 aliphatic carbocycles. The zero-order valence-electron chi connectivity index (χ0n) is 4.84. The van der Waals surface area contributed by atoms with Gasteiger partial charge in [-0.1, -0.05) is 11.6 Å². The second-order valence-corrected chi connectivity index (χ2v) is 3.12. The van der Waals surface area contributed by atoms with Crippen LogP contribution in [-0.4, -0.2) is 4.98 Å². The molecular weight excluding hydrogens is 377 g/mol. The van der Waals surface area contributed by atoms with Crippen molar-refractivity contribution >= 4 is 64.0 Å². The molecule has 2 N–H and O–H groups in total. The average molecular weight is 382 g/mol. The van der Waals surface area contributed by atoms with E-state index in [0.29, 0.717) is 10.8 Å². The Labute approximate surface area is 94.7 Å². The molecule has 0 unspecified atom stereocenters. The molecular formula is C5H5ClI2N2. The highest BCUT2D eigenvalue weighted by Gasteiger charge is 1.94. The van der Waals surface area contributed by atoms with Crippen LogP contribution >= 0.6 is 58.2 Å². The molecule has 0 radical (unpaired) electrons. The van der Waals surface area contributed by atoms with E-state index in [1.54, 1.807) is 6.07 Å². The second-order valence-electron chi connectivity index (χ2n) is 1.52. The molecule has 0 aromatic carbocycles. The maximum absolute atomic E-state index is 5.59. The lowest BCUT2D eigenvalue weighted by Crippen LogP contribution is -1.91. The molecule has 0 saturated carbocycles. The number of halogens is 3. The van der Waals surface area contributed by atoms with E-state index in [0.717, 1.165) is 3.57 Å². The standard InChI is InChI=1S/C5H4ClIN2.HI/c6-3-1-4(7)5(8)9-2-3;/h1-2H,(H2,8,9);1H. The van der Waals surface area contributed by atoms with Gasteiger partial charge in [0.05, 0.1) is 8.59 Å². The van der Waals surface area contributed by atoms with Crippen molar-refractivity contribution in [3.05, 3.63) is 20.9 Å². The summed E-state index contributed by atoms with van der Waals surface area (Å²) in [5.74, 6) is 0.528. The summed E-state index contributed by atoms with van der Waals surface area (Å²) >= 11 is 7.67. The first-order valence-corrected chi connectivity index (χ1v) is 3.72. The molecule has 0 atom stereocenters. The molecule has 0 amide bonds. The highest BCUT2D eigenvalue weighted by molar-refractivity contribution is 14.1. The molecule has 0 bridgehead atoms. The van der Waals surface area contributed by atoms with Crippen molar-refractivity contribution in [3.8, 4) is 0 Å². The summed E-state index contributed by atoms with van der Waals surface area (Å²) in [6.45, 7) is 0. The van der Waals surface area contributed by atoms with Crippen molar-refractivity contribution < 1.29 is 0 Å². The van der Waals surface area contributed by atoms with Gasteiger partial charge in [-0.05, 0) is 28.7 Å². The number of nitrogens with two attached hydrogens (primary N) is 1. The summed E-state index contributed by atoms with van der Waals surface area (Å²) in [5.41, 5.74) is 5.41. The number of pyridine rings is 1. The average Bonchev–Trinajstić information content (AvgIpc) is 1.80. The first-order chi connectivity index (χ1) is 4.20. The fourth-order valence-corrected chi connectivity index (χ4v) is 1.24. The lowest BCUT2D eigenvalue weighted by Gasteiger charge is -1.94. The van der Waals surface area contributed by atoms with E-state index >= 15 is 0 Å². The third-order valence-corrected chi connectivity index (χ3v) is 1.91. The van der Waals surface area contributed by atoms with Crippen molar-refractivity contribution in [2.75, 3.05) is 5.73 Å². The number of anilines is 1. The predicted octanol–water partition coefficient (Wildman–Crippen LogP) is 2.54. The van der Waals surface area contributed by atoms with Crippen LogP contribution in [0.5, 0.6) is 0 Å². The van der Waals surface area contributed by atoms with Gasteiger partial charge in [-0.15, -0.1) is 24.0 Å². The van der Waals surface area contributed by atoms with Crippen molar-refractivity contribution in [1.82, 2.24) is 4.98 Å². The SMILES string of the molecule is I.Nc1ncc(Cl)cc1I. The van der Waals surface area contributed by atoms with E-state index in [2.05, 4.69) is 27.6 Å². The Morgan fingerprint density at radius 1 is 1.60 bits per heavy atom. The molecule has 10 heavy (non-hydrogen) atoms. The summed E-state index contributed by atoms with van der Waals surface area (Å²) in [6, 6.07) is 1.77. The molecule has 1 heterocycles. The Kier molecular flexibility index (Phi) is 4.87. The van der Waals surface area contributed by atoms with E-state index < -0.39 is 0 Å². The fraction of sp³-hybridized carbons (Fsp3) is 0. The van der Waals surface area contributed by atoms with Gasteiger partial charge in [0.1, 0.15) is 5.82 Å². The van der Waals surface area contributed by atoms with Crippen LogP contribution in [0.15, 0.2) is 12.3 Å². The molecule has 0 aliphatic heterocycles. The number of rotatable bonds is 0. The van der Waals surface area contributed by atoms with Crippen LogP contribution in [0.4, 0.5) is 5.82 Å². The largest absolute Gasteiger partial charge is 0.383 e. The lowest BCUT2D eigenvalue weighted by molar-refractivity contribution is 1.32. The normalized spacial score (nSPS) is 8.60. The molecule has 0 aliphatic rings. The van der Waals surface area contributed by atoms with Crippen LogP contribution in [0.1, 0.15) is 0 Å². The highest BCUT2D eigenvalue weighted by Crippen LogP contribution is 2.15. The van der Waals surface area contributed by atoms with Gasteiger partial charge in [-0.3, -0.25) is 0 Å². The van der Waals surface area contributed by atoms with Crippen molar-refractivity contribution in [1.29, 1.82) is 0 Å². The van der Waals surface area contributed by atoms with Gasteiger partial charge < -0.3 is 5.73 Å². The minimum absolute atomic E-state index is 0.